The van der Waals surface area contributed by atoms with Crippen molar-refractivity contribution in [2.24, 2.45) is 0 Å². The van der Waals surface area contributed by atoms with Gasteiger partial charge in [0.15, 0.2) is 0 Å². The molecule has 10 heteroatoms. The summed E-state index contributed by atoms with van der Waals surface area (Å²) in [5, 5.41) is 11.4. The molecule has 8 nitrogen and oxygen atoms in total. The number of carboxylic acids is 1. The first-order valence-corrected chi connectivity index (χ1v) is 9.23. The molecule has 0 heterocycles. The number of rotatable bonds is 8. The van der Waals surface area contributed by atoms with Crippen LogP contribution in [0, 0.1) is 0 Å². The lowest BCUT2D eigenvalue weighted by molar-refractivity contribution is -0.137. The van der Waals surface area contributed by atoms with Gasteiger partial charge >= 0.3 is 5.97 Å². The smallest absolute Gasteiger partial charge is 0.304 e. The summed E-state index contributed by atoms with van der Waals surface area (Å²) in [7, 11) is 0.660. The summed E-state index contributed by atoms with van der Waals surface area (Å²) in [6.07, 6.45) is -0.0830. The number of carbonyl (C=O) groups excluding carboxylic acids is 1. The van der Waals surface area contributed by atoms with Gasteiger partial charge in [-0.15, -0.1) is 0 Å². The van der Waals surface area contributed by atoms with Crippen LogP contribution in [0.25, 0.3) is 0 Å². The van der Waals surface area contributed by atoms with Crippen LogP contribution >= 0.6 is 11.6 Å². The maximum absolute atomic E-state index is 12.3. The number of anilines is 1. The maximum Gasteiger partial charge on any atom is 0.304 e. The molecule has 1 rings (SSSR count). The number of nitrogens with one attached hydrogen (secondary N) is 1. The van der Waals surface area contributed by atoms with Gasteiger partial charge in [0.05, 0.1) is 17.5 Å². The van der Waals surface area contributed by atoms with Crippen LogP contribution < -0.4 is 5.32 Å². The molecule has 1 unspecified atom stereocenters. The molecule has 0 saturated carbocycles. The van der Waals surface area contributed by atoms with Gasteiger partial charge in [-0.25, -0.2) is 12.7 Å². The molecule has 0 aliphatic rings. The van der Waals surface area contributed by atoms with Crippen LogP contribution in [0.3, 0.4) is 0 Å². The zero-order chi connectivity index (χ0) is 19.4. The molecule has 1 aromatic carbocycles. The Bertz CT molecular complexity index is 752. The molecule has 0 aliphatic carbocycles. The second-order valence-electron chi connectivity index (χ2n) is 5.72. The molecule has 25 heavy (non-hydrogen) atoms. The SMILES string of the molecule is CC(C(=O)Nc1ccc(Cl)c(S(=O)(=O)N(C)C)c1)N(C)CCC(=O)O. The lowest BCUT2D eigenvalue weighted by Crippen LogP contribution is -2.40. The highest BCUT2D eigenvalue weighted by molar-refractivity contribution is 7.89. The molecule has 1 amide bonds. The van der Waals surface area contributed by atoms with E-state index in [4.69, 9.17) is 16.7 Å². The third kappa shape index (κ3) is 5.67. The highest BCUT2D eigenvalue weighted by Gasteiger charge is 2.23. The molecule has 0 fully saturated rings. The molecule has 0 bridgehead atoms. The quantitative estimate of drug-likeness (QED) is 0.692. The minimum atomic E-state index is -3.75. The van der Waals surface area contributed by atoms with Crippen molar-refractivity contribution in [2.75, 3.05) is 33.0 Å². The molecule has 140 valence electrons. The Morgan fingerprint density at radius 3 is 2.40 bits per heavy atom. The van der Waals surface area contributed by atoms with Gasteiger partial charge in [-0.1, -0.05) is 11.6 Å². The summed E-state index contributed by atoms with van der Waals surface area (Å²) in [6.45, 7) is 1.84. The van der Waals surface area contributed by atoms with E-state index >= 15 is 0 Å². The Kier molecular flexibility index (Phi) is 7.36. The Morgan fingerprint density at radius 2 is 1.88 bits per heavy atom. The van der Waals surface area contributed by atoms with E-state index in [-0.39, 0.29) is 34.5 Å². The van der Waals surface area contributed by atoms with Crippen molar-refractivity contribution in [1.82, 2.24) is 9.21 Å². The summed E-state index contributed by atoms with van der Waals surface area (Å²) < 4.78 is 25.5. The van der Waals surface area contributed by atoms with Gasteiger partial charge < -0.3 is 10.4 Å². The number of aliphatic carboxylic acids is 1. The Balaban J connectivity index is 2.93. The van der Waals surface area contributed by atoms with Crippen LogP contribution in [0.2, 0.25) is 5.02 Å². The Labute approximate surface area is 152 Å². The van der Waals surface area contributed by atoms with Crippen molar-refractivity contribution in [2.45, 2.75) is 24.3 Å². The van der Waals surface area contributed by atoms with Gasteiger partial charge in [0.1, 0.15) is 4.90 Å². The van der Waals surface area contributed by atoms with Gasteiger partial charge in [-0.3, -0.25) is 14.5 Å². The van der Waals surface area contributed by atoms with E-state index in [0.29, 0.717) is 0 Å². The fourth-order valence-electron chi connectivity index (χ4n) is 1.89. The number of nitrogens with zero attached hydrogens (tertiary/aromatic N) is 2. The summed E-state index contributed by atoms with van der Waals surface area (Å²) in [4.78, 5) is 24.4. The lowest BCUT2D eigenvalue weighted by Gasteiger charge is -2.23. The third-order valence-corrected chi connectivity index (χ3v) is 5.97. The molecular formula is C15H22ClN3O5S. The van der Waals surface area contributed by atoms with Crippen molar-refractivity contribution < 1.29 is 23.1 Å². The Hall–Kier alpha value is -1.68. The summed E-state index contributed by atoms with van der Waals surface area (Å²) in [5.74, 6) is -1.33. The maximum atomic E-state index is 12.3. The van der Waals surface area contributed by atoms with Gasteiger partial charge in [0, 0.05) is 26.3 Å². The van der Waals surface area contributed by atoms with Crippen molar-refractivity contribution >= 4 is 39.2 Å². The van der Waals surface area contributed by atoms with Crippen molar-refractivity contribution in [3.05, 3.63) is 23.2 Å². The van der Waals surface area contributed by atoms with Crippen molar-refractivity contribution in [3.63, 3.8) is 0 Å². The first-order chi connectivity index (χ1) is 11.5. The van der Waals surface area contributed by atoms with E-state index in [1.54, 1.807) is 18.9 Å². The first kappa shape index (κ1) is 21.4. The van der Waals surface area contributed by atoms with Crippen molar-refractivity contribution in [3.8, 4) is 0 Å². The van der Waals surface area contributed by atoms with E-state index in [2.05, 4.69) is 5.32 Å². The van der Waals surface area contributed by atoms with E-state index in [1.807, 2.05) is 0 Å². The Morgan fingerprint density at radius 1 is 1.28 bits per heavy atom. The molecule has 2 N–H and O–H groups in total. The minimum absolute atomic E-state index is 0.0540. The topological polar surface area (TPSA) is 107 Å². The number of halogens is 1. The molecule has 1 atom stereocenters. The number of likely N-dealkylation sites (N-methyl/N-ethyl adjacent to an activating group) is 1. The summed E-state index contributed by atoms with van der Waals surface area (Å²) >= 11 is 5.96. The number of hydrogen-bond acceptors (Lipinski definition) is 5. The predicted octanol–water partition coefficient (Wildman–Crippen LogP) is 1.32. The van der Waals surface area contributed by atoms with E-state index < -0.39 is 22.0 Å². The van der Waals surface area contributed by atoms with E-state index in [9.17, 15) is 18.0 Å². The van der Waals surface area contributed by atoms with Gasteiger partial charge in [0.25, 0.3) is 0 Å². The van der Waals surface area contributed by atoms with Gasteiger partial charge in [-0.2, -0.15) is 0 Å². The zero-order valence-corrected chi connectivity index (χ0v) is 16.1. The van der Waals surface area contributed by atoms with E-state index in [1.165, 1.54) is 32.3 Å². The highest BCUT2D eigenvalue weighted by Crippen LogP contribution is 2.27. The monoisotopic (exact) mass is 391 g/mol. The average molecular weight is 392 g/mol. The average Bonchev–Trinajstić information content (AvgIpc) is 2.53. The fourth-order valence-corrected chi connectivity index (χ4v) is 3.28. The van der Waals surface area contributed by atoms with Gasteiger partial charge in [0.2, 0.25) is 15.9 Å². The molecular weight excluding hydrogens is 370 g/mol. The molecule has 0 spiro atoms. The number of amides is 1. The van der Waals surface area contributed by atoms with Crippen LogP contribution in [0.1, 0.15) is 13.3 Å². The second kappa shape index (κ2) is 8.61. The van der Waals surface area contributed by atoms with Crippen LogP contribution in [0.5, 0.6) is 0 Å². The molecule has 0 radical (unpaired) electrons. The number of carbonyl (C=O) groups is 2. The number of hydrogen-bond donors (Lipinski definition) is 2. The third-order valence-electron chi connectivity index (χ3n) is 3.68. The first-order valence-electron chi connectivity index (χ1n) is 7.41. The molecule has 0 aromatic heterocycles. The number of carboxylic acid groups (broad SMARTS) is 1. The molecule has 1 aromatic rings. The highest BCUT2D eigenvalue weighted by atomic mass is 35.5. The fraction of sp³-hybridized carbons (Fsp3) is 0.467. The number of sulfonamides is 1. The van der Waals surface area contributed by atoms with Crippen molar-refractivity contribution in [1.29, 1.82) is 0 Å². The van der Waals surface area contributed by atoms with Crippen LogP contribution in [0.4, 0.5) is 5.69 Å². The molecule has 0 aliphatic heterocycles. The van der Waals surface area contributed by atoms with Crippen LogP contribution in [-0.4, -0.2) is 68.3 Å². The standard InChI is InChI=1S/C15H22ClN3O5S/c1-10(19(4)8-7-14(20)21)15(22)17-11-5-6-12(16)13(9-11)25(23,24)18(2)3/h5-6,9-10H,7-8H2,1-4H3,(H,17,22)(H,20,21). The van der Waals surface area contributed by atoms with E-state index in [0.717, 1.165) is 4.31 Å². The van der Waals surface area contributed by atoms with Gasteiger partial charge in [-0.05, 0) is 32.2 Å². The lowest BCUT2D eigenvalue weighted by atomic mass is 10.2. The minimum Gasteiger partial charge on any atom is -0.481 e. The predicted molar refractivity (Wildman–Crippen MR) is 95.3 cm³/mol. The number of benzene rings is 1. The summed E-state index contributed by atoms with van der Waals surface area (Å²) in [6, 6.07) is 3.59. The summed E-state index contributed by atoms with van der Waals surface area (Å²) in [5.41, 5.74) is 0.285. The van der Waals surface area contributed by atoms with Crippen LogP contribution in [0.15, 0.2) is 23.1 Å². The molecule has 0 saturated heterocycles. The van der Waals surface area contributed by atoms with Crippen LogP contribution in [-0.2, 0) is 19.6 Å². The normalized spacial score (nSPS) is 13.1. The second-order valence-corrected chi connectivity index (χ2v) is 8.25. The largest absolute Gasteiger partial charge is 0.481 e. The zero-order valence-electron chi connectivity index (χ0n) is 14.5.